The lowest BCUT2D eigenvalue weighted by molar-refractivity contribution is -0.124. The molecule has 0 unspecified atom stereocenters. The van der Waals surface area contributed by atoms with E-state index in [4.69, 9.17) is 5.21 Å². The lowest BCUT2D eigenvalue weighted by Crippen LogP contribution is -2.16. The van der Waals surface area contributed by atoms with Crippen molar-refractivity contribution in [3.05, 3.63) is 71.4 Å². The molecule has 0 radical (unpaired) electrons. The molecular formula is C21H23N3O4S. The number of carbonyl (C=O) groups excluding carboxylic acids is 1. The predicted octanol–water partition coefficient (Wildman–Crippen LogP) is 2.77. The Kier molecular flexibility index (Phi) is 5.88. The smallest absolute Gasteiger partial charge is 0.268 e. The molecule has 0 aliphatic carbocycles. The Morgan fingerprint density at radius 2 is 1.90 bits per heavy atom. The minimum atomic E-state index is -3.86. The Labute approximate surface area is 169 Å². The normalized spacial score (nSPS) is 12.2. The lowest BCUT2D eigenvalue weighted by Gasteiger charge is -2.12. The van der Waals surface area contributed by atoms with E-state index in [0.717, 1.165) is 17.0 Å². The van der Waals surface area contributed by atoms with Crippen molar-refractivity contribution in [2.75, 3.05) is 14.1 Å². The van der Waals surface area contributed by atoms with Gasteiger partial charge < -0.3 is 4.90 Å². The summed E-state index contributed by atoms with van der Waals surface area (Å²) in [7, 11) is 0.0222. The molecule has 0 fully saturated rings. The van der Waals surface area contributed by atoms with E-state index < -0.39 is 15.9 Å². The van der Waals surface area contributed by atoms with Gasteiger partial charge in [0, 0.05) is 23.7 Å². The standard InChI is InChI=1S/C21H23N3O4S/c1-15-19(14-23(2)3)18-9-4-5-10-20(18)24(15)29(27,28)17-8-6-7-16(13-17)11-12-21(25)22-26/h4-13,26H,14H2,1-3H3,(H,22,25). The van der Waals surface area contributed by atoms with Gasteiger partial charge >= 0.3 is 0 Å². The molecule has 152 valence electrons. The van der Waals surface area contributed by atoms with Crippen LogP contribution in [0.2, 0.25) is 0 Å². The maximum atomic E-state index is 13.5. The minimum absolute atomic E-state index is 0.115. The van der Waals surface area contributed by atoms with Crippen LogP contribution in [0.4, 0.5) is 0 Å². The third-order valence-corrected chi connectivity index (χ3v) is 6.40. The van der Waals surface area contributed by atoms with Gasteiger partial charge in [-0.05, 0) is 56.4 Å². The molecule has 7 nitrogen and oxygen atoms in total. The number of fused-ring (bicyclic) bond motifs is 1. The first-order valence-electron chi connectivity index (χ1n) is 8.97. The molecule has 3 aromatic rings. The maximum Gasteiger partial charge on any atom is 0.268 e. The van der Waals surface area contributed by atoms with Crippen molar-refractivity contribution in [2.45, 2.75) is 18.4 Å². The Hall–Kier alpha value is -2.94. The molecule has 29 heavy (non-hydrogen) atoms. The number of hydroxylamine groups is 1. The van der Waals surface area contributed by atoms with Crippen molar-refractivity contribution in [3.63, 3.8) is 0 Å². The van der Waals surface area contributed by atoms with Gasteiger partial charge in [-0.3, -0.25) is 10.0 Å². The van der Waals surface area contributed by atoms with E-state index in [1.807, 2.05) is 44.1 Å². The molecule has 2 aromatic carbocycles. The molecule has 1 aromatic heterocycles. The van der Waals surface area contributed by atoms with Crippen molar-refractivity contribution in [2.24, 2.45) is 0 Å². The molecule has 0 atom stereocenters. The second kappa shape index (κ2) is 8.20. The third-order valence-electron chi connectivity index (χ3n) is 4.60. The maximum absolute atomic E-state index is 13.5. The summed E-state index contributed by atoms with van der Waals surface area (Å²) in [6.45, 7) is 2.43. The van der Waals surface area contributed by atoms with Gasteiger partial charge in [-0.15, -0.1) is 0 Å². The number of hydrogen-bond donors (Lipinski definition) is 2. The number of amides is 1. The van der Waals surface area contributed by atoms with Gasteiger partial charge in [-0.2, -0.15) is 0 Å². The van der Waals surface area contributed by atoms with Crippen LogP contribution in [0.15, 0.2) is 59.5 Å². The first-order valence-corrected chi connectivity index (χ1v) is 10.4. The quantitative estimate of drug-likeness (QED) is 0.368. The fourth-order valence-corrected chi connectivity index (χ4v) is 4.96. The van der Waals surface area contributed by atoms with E-state index in [0.29, 0.717) is 23.3 Å². The summed E-state index contributed by atoms with van der Waals surface area (Å²) < 4.78 is 28.4. The van der Waals surface area contributed by atoms with Crippen molar-refractivity contribution >= 4 is 32.9 Å². The van der Waals surface area contributed by atoms with E-state index >= 15 is 0 Å². The fraction of sp³-hybridized carbons (Fsp3) is 0.190. The van der Waals surface area contributed by atoms with Crippen LogP contribution in [-0.4, -0.2) is 42.5 Å². The summed E-state index contributed by atoms with van der Waals surface area (Å²) in [5.41, 5.74) is 4.28. The zero-order valence-electron chi connectivity index (χ0n) is 16.5. The van der Waals surface area contributed by atoms with Crippen molar-refractivity contribution in [3.8, 4) is 0 Å². The van der Waals surface area contributed by atoms with Gasteiger partial charge in [-0.1, -0.05) is 30.3 Å². The molecule has 1 heterocycles. The topological polar surface area (TPSA) is 91.6 Å². The van der Waals surface area contributed by atoms with Crippen LogP contribution in [-0.2, 0) is 21.4 Å². The van der Waals surface area contributed by atoms with Gasteiger partial charge in [0.1, 0.15) is 0 Å². The van der Waals surface area contributed by atoms with Gasteiger partial charge in [0.05, 0.1) is 10.4 Å². The molecule has 8 heteroatoms. The van der Waals surface area contributed by atoms with E-state index in [9.17, 15) is 13.2 Å². The highest BCUT2D eigenvalue weighted by atomic mass is 32.2. The van der Waals surface area contributed by atoms with Crippen molar-refractivity contribution < 1.29 is 18.4 Å². The Morgan fingerprint density at radius 1 is 1.17 bits per heavy atom. The highest BCUT2D eigenvalue weighted by Crippen LogP contribution is 2.30. The van der Waals surface area contributed by atoms with Gasteiger partial charge in [0.2, 0.25) is 0 Å². The number of nitrogens with one attached hydrogen (secondary N) is 1. The predicted molar refractivity (Wildman–Crippen MR) is 112 cm³/mol. The summed E-state index contributed by atoms with van der Waals surface area (Å²) in [5, 5.41) is 9.49. The summed E-state index contributed by atoms with van der Waals surface area (Å²) in [4.78, 5) is 13.3. The molecule has 0 aliphatic heterocycles. The van der Waals surface area contributed by atoms with Gasteiger partial charge in [0.25, 0.3) is 15.9 Å². The molecule has 0 bridgehead atoms. The van der Waals surface area contributed by atoms with Crippen LogP contribution in [0.3, 0.4) is 0 Å². The van der Waals surface area contributed by atoms with Crippen LogP contribution in [0.5, 0.6) is 0 Å². The SMILES string of the molecule is Cc1c(CN(C)C)c2ccccc2n1S(=O)(=O)c1cccc(C=CC(=O)NO)c1. The first kappa shape index (κ1) is 20.8. The minimum Gasteiger partial charge on any atom is -0.305 e. The molecule has 0 aliphatic rings. The Morgan fingerprint density at radius 3 is 2.59 bits per heavy atom. The largest absolute Gasteiger partial charge is 0.305 e. The van der Waals surface area contributed by atoms with Gasteiger partial charge in [-0.25, -0.2) is 17.9 Å². The first-order chi connectivity index (χ1) is 13.8. The van der Waals surface area contributed by atoms with E-state index in [-0.39, 0.29) is 4.90 Å². The molecular weight excluding hydrogens is 390 g/mol. The number of benzene rings is 2. The number of rotatable bonds is 6. The van der Waals surface area contributed by atoms with Crippen molar-refractivity contribution in [1.29, 1.82) is 0 Å². The second-order valence-corrected chi connectivity index (χ2v) is 8.76. The van der Waals surface area contributed by atoms with Crippen LogP contribution in [0.1, 0.15) is 16.8 Å². The summed E-state index contributed by atoms with van der Waals surface area (Å²) in [6.07, 6.45) is 2.56. The monoisotopic (exact) mass is 413 g/mol. The zero-order valence-corrected chi connectivity index (χ0v) is 17.3. The molecule has 0 spiro atoms. The second-order valence-electron chi connectivity index (χ2n) is 6.97. The molecule has 0 saturated heterocycles. The molecule has 3 rings (SSSR count). The average Bonchev–Trinajstić information content (AvgIpc) is 2.98. The van der Waals surface area contributed by atoms with E-state index in [1.165, 1.54) is 27.7 Å². The zero-order chi connectivity index (χ0) is 21.2. The molecule has 0 saturated carbocycles. The summed E-state index contributed by atoms with van der Waals surface area (Å²) in [6, 6.07) is 13.8. The van der Waals surface area contributed by atoms with Crippen LogP contribution in [0.25, 0.3) is 17.0 Å². The number of hydrogen-bond acceptors (Lipinski definition) is 5. The number of nitrogens with zero attached hydrogens (tertiary/aromatic N) is 2. The average molecular weight is 413 g/mol. The highest BCUT2D eigenvalue weighted by molar-refractivity contribution is 7.90. The summed E-state index contributed by atoms with van der Waals surface area (Å²) >= 11 is 0. The highest BCUT2D eigenvalue weighted by Gasteiger charge is 2.25. The van der Waals surface area contributed by atoms with Crippen LogP contribution >= 0.6 is 0 Å². The fourth-order valence-electron chi connectivity index (χ4n) is 3.32. The molecule has 1 amide bonds. The number of aromatic nitrogens is 1. The number of carbonyl (C=O) groups is 1. The van der Waals surface area contributed by atoms with Crippen molar-refractivity contribution in [1.82, 2.24) is 14.4 Å². The number of para-hydroxylation sites is 1. The lowest BCUT2D eigenvalue weighted by atomic mass is 10.1. The molecule has 2 N–H and O–H groups in total. The van der Waals surface area contributed by atoms with E-state index in [2.05, 4.69) is 0 Å². The van der Waals surface area contributed by atoms with Crippen LogP contribution in [0, 0.1) is 6.92 Å². The third kappa shape index (κ3) is 4.09. The summed E-state index contributed by atoms with van der Waals surface area (Å²) in [5.74, 6) is -0.696. The van der Waals surface area contributed by atoms with Gasteiger partial charge in [0.15, 0.2) is 0 Å². The van der Waals surface area contributed by atoms with Crippen LogP contribution < -0.4 is 5.48 Å². The Balaban J connectivity index is 2.16. The Bertz CT molecular complexity index is 1190. The van der Waals surface area contributed by atoms with E-state index in [1.54, 1.807) is 18.2 Å².